The average molecular weight is 384 g/mol. The Morgan fingerprint density at radius 2 is 2.04 bits per heavy atom. The Kier molecular flexibility index (Phi) is 4.12. The Bertz CT molecular complexity index is 765. The first-order valence-corrected chi connectivity index (χ1v) is 8.81. The van der Waals surface area contributed by atoms with Crippen molar-refractivity contribution in [1.29, 1.82) is 0 Å². The predicted molar refractivity (Wildman–Crippen MR) is 89.1 cm³/mol. The van der Waals surface area contributed by atoms with Gasteiger partial charge in [-0.2, -0.15) is 0 Å². The number of halogens is 2. The predicted octanol–water partition coefficient (Wildman–Crippen LogP) is 2.67. The van der Waals surface area contributed by atoms with Crippen LogP contribution in [0, 0.1) is 23.7 Å². The molecule has 1 aliphatic heterocycles. The molecule has 1 aromatic carbocycles. The van der Waals surface area contributed by atoms with E-state index in [0.29, 0.717) is 22.2 Å². The highest BCUT2D eigenvalue weighted by Crippen LogP contribution is 2.57. The van der Waals surface area contributed by atoms with Crippen LogP contribution in [0.3, 0.4) is 0 Å². The number of carbonyl (C=O) groups is 3. The number of hydrogen-bond donors (Lipinski definition) is 1. The van der Waals surface area contributed by atoms with Gasteiger partial charge in [-0.05, 0) is 37.0 Å². The molecule has 0 unspecified atom stereocenters. The molecule has 3 aliphatic rings. The van der Waals surface area contributed by atoms with Crippen molar-refractivity contribution in [3.05, 3.63) is 28.2 Å². The highest BCUT2D eigenvalue weighted by Gasteiger charge is 2.64. The molecule has 2 aliphatic carbocycles. The van der Waals surface area contributed by atoms with Crippen molar-refractivity contribution in [3.8, 4) is 0 Å². The van der Waals surface area contributed by atoms with Gasteiger partial charge in [-0.25, -0.2) is 0 Å². The summed E-state index contributed by atoms with van der Waals surface area (Å²) in [6.07, 6.45) is 1.49. The second-order valence-electron chi connectivity index (χ2n) is 6.71. The molecule has 0 radical (unpaired) electrons. The summed E-state index contributed by atoms with van der Waals surface area (Å²) in [5.41, 5.74) is 0.456. The van der Waals surface area contributed by atoms with Crippen LogP contribution in [-0.4, -0.2) is 30.6 Å². The van der Waals surface area contributed by atoms with Crippen LogP contribution in [0.1, 0.15) is 12.8 Å². The van der Waals surface area contributed by atoms with Gasteiger partial charge in [0.25, 0.3) is 5.91 Å². The van der Waals surface area contributed by atoms with Gasteiger partial charge in [0.2, 0.25) is 0 Å². The van der Waals surface area contributed by atoms with Crippen LogP contribution in [0.2, 0.25) is 10.0 Å². The molecule has 1 heterocycles. The van der Waals surface area contributed by atoms with Crippen LogP contribution < -0.4 is 5.32 Å². The second-order valence-corrected chi connectivity index (χ2v) is 7.52. The number of nitrogens with one attached hydrogen (secondary N) is 1. The van der Waals surface area contributed by atoms with E-state index in [9.17, 15) is 14.4 Å². The summed E-state index contributed by atoms with van der Waals surface area (Å²) < 4.78 is 10.4. The number of ether oxygens (including phenoxy) is 2. The van der Waals surface area contributed by atoms with E-state index >= 15 is 0 Å². The summed E-state index contributed by atoms with van der Waals surface area (Å²) >= 11 is 11.7. The first-order valence-electron chi connectivity index (χ1n) is 8.06. The van der Waals surface area contributed by atoms with Crippen molar-refractivity contribution in [2.24, 2.45) is 23.7 Å². The zero-order valence-corrected chi connectivity index (χ0v) is 14.5. The van der Waals surface area contributed by atoms with E-state index in [1.54, 1.807) is 12.1 Å². The van der Waals surface area contributed by atoms with Gasteiger partial charge in [0.05, 0.1) is 21.9 Å². The quantitative estimate of drug-likeness (QED) is 0.808. The van der Waals surface area contributed by atoms with Crippen molar-refractivity contribution >= 4 is 46.7 Å². The summed E-state index contributed by atoms with van der Waals surface area (Å²) in [6.45, 7) is -0.418. The SMILES string of the molecule is O=C(COC(=O)[C@H]1[C@@H]2C[C@H]3[C@@H]1C(=O)O[C@@H]3C2)Nc1ccc(Cl)c(Cl)c1. The average Bonchev–Trinajstić information content (AvgIpc) is 3.18. The van der Waals surface area contributed by atoms with Gasteiger partial charge in [0.15, 0.2) is 6.61 Å². The lowest BCUT2D eigenvalue weighted by Crippen LogP contribution is -2.34. The minimum absolute atomic E-state index is 0.0375. The Balaban J connectivity index is 1.34. The minimum Gasteiger partial charge on any atom is -0.462 e. The topological polar surface area (TPSA) is 81.7 Å². The molecule has 0 spiro atoms. The van der Waals surface area contributed by atoms with E-state index in [2.05, 4.69) is 5.32 Å². The van der Waals surface area contributed by atoms with Crippen LogP contribution in [0.15, 0.2) is 18.2 Å². The first kappa shape index (κ1) is 16.7. The maximum Gasteiger partial charge on any atom is 0.310 e. The van der Waals surface area contributed by atoms with Gasteiger partial charge in [-0.15, -0.1) is 0 Å². The van der Waals surface area contributed by atoms with Crippen molar-refractivity contribution in [1.82, 2.24) is 0 Å². The molecular weight excluding hydrogens is 369 g/mol. The number of esters is 2. The summed E-state index contributed by atoms with van der Waals surface area (Å²) in [4.78, 5) is 36.2. The maximum atomic E-state index is 12.4. The molecule has 5 atom stereocenters. The van der Waals surface area contributed by atoms with Crippen LogP contribution in [0.4, 0.5) is 5.69 Å². The van der Waals surface area contributed by atoms with Crippen molar-refractivity contribution in [3.63, 3.8) is 0 Å². The number of rotatable bonds is 4. The lowest BCUT2D eigenvalue weighted by atomic mass is 9.80. The minimum atomic E-state index is -0.501. The molecule has 25 heavy (non-hydrogen) atoms. The molecule has 6 nitrogen and oxygen atoms in total. The van der Waals surface area contributed by atoms with Gasteiger partial charge in [0, 0.05) is 11.6 Å². The van der Waals surface area contributed by atoms with Gasteiger partial charge in [0.1, 0.15) is 6.10 Å². The van der Waals surface area contributed by atoms with Gasteiger partial charge in [-0.1, -0.05) is 23.2 Å². The number of amides is 1. The molecular formula is C17H15Cl2NO5. The fourth-order valence-corrected chi connectivity index (χ4v) is 4.63. The van der Waals surface area contributed by atoms with Crippen molar-refractivity contribution in [2.75, 3.05) is 11.9 Å². The van der Waals surface area contributed by atoms with Crippen molar-refractivity contribution < 1.29 is 23.9 Å². The molecule has 8 heteroatoms. The molecule has 4 rings (SSSR count). The van der Waals surface area contributed by atoms with Crippen LogP contribution >= 0.6 is 23.2 Å². The zero-order valence-electron chi connectivity index (χ0n) is 13.0. The maximum absolute atomic E-state index is 12.4. The Hall–Kier alpha value is -1.79. The van der Waals surface area contributed by atoms with Crippen LogP contribution in [-0.2, 0) is 23.9 Å². The number of carbonyl (C=O) groups excluding carboxylic acids is 3. The van der Waals surface area contributed by atoms with Crippen molar-refractivity contribution in [2.45, 2.75) is 18.9 Å². The lowest BCUT2D eigenvalue weighted by Gasteiger charge is -2.22. The molecule has 1 aromatic rings. The summed E-state index contributed by atoms with van der Waals surface area (Å²) in [7, 11) is 0. The molecule has 2 bridgehead atoms. The van der Waals surface area contributed by atoms with E-state index in [-0.39, 0.29) is 23.9 Å². The fraction of sp³-hybridized carbons (Fsp3) is 0.471. The Morgan fingerprint density at radius 3 is 2.80 bits per heavy atom. The summed E-state index contributed by atoms with van der Waals surface area (Å²) in [5, 5.41) is 3.27. The van der Waals surface area contributed by atoms with Gasteiger partial charge in [-0.3, -0.25) is 14.4 Å². The number of anilines is 1. The van der Waals surface area contributed by atoms with E-state index in [1.165, 1.54) is 6.07 Å². The fourth-order valence-electron chi connectivity index (χ4n) is 4.33. The van der Waals surface area contributed by atoms with Gasteiger partial charge < -0.3 is 14.8 Å². The van der Waals surface area contributed by atoms with Gasteiger partial charge >= 0.3 is 11.9 Å². The zero-order chi connectivity index (χ0) is 17.7. The number of benzene rings is 1. The smallest absolute Gasteiger partial charge is 0.310 e. The molecule has 0 aromatic heterocycles. The van der Waals surface area contributed by atoms with E-state index in [4.69, 9.17) is 32.7 Å². The lowest BCUT2D eigenvalue weighted by molar-refractivity contribution is -0.157. The second kappa shape index (κ2) is 6.18. The molecule has 2 saturated carbocycles. The highest BCUT2D eigenvalue weighted by atomic mass is 35.5. The molecule has 1 N–H and O–H groups in total. The summed E-state index contributed by atoms with van der Waals surface area (Å²) in [6, 6.07) is 4.66. The van der Waals surface area contributed by atoms with E-state index in [1.807, 2.05) is 0 Å². The van der Waals surface area contributed by atoms with E-state index in [0.717, 1.165) is 6.42 Å². The van der Waals surface area contributed by atoms with E-state index < -0.39 is 30.3 Å². The largest absolute Gasteiger partial charge is 0.462 e. The highest BCUT2D eigenvalue weighted by molar-refractivity contribution is 6.42. The molecule has 3 fully saturated rings. The normalized spacial score (nSPS) is 31.8. The van der Waals surface area contributed by atoms with Crippen LogP contribution in [0.25, 0.3) is 0 Å². The Morgan fingerprint density at radius 1 is 1.24 bits per heavy atom. The van der Waals surface area contributed by atoms with Crippen LogP contribution in [0.5, 0.6) is 0 Å². The standard InChI is InChI=1S/C17H15Cl2NO5/c18-10-2-1-8(5-11(10)19)20-13(21)6-24-16(22)14-7-3-9-12(4-7)25-17(23)15(9)14/h1-2,5,7,9,12,14-15H,3-4,6H2,(H,20,21)/t7-,9-,12-,14+,15+/m1/s1. The number of fused-ring (bicyclic) bond motifs is 1. The first-order chi connectivity index (χ1) is 11.9. The third kappa shape index (κ3) is 2.87. The molecule has 1 amide bonds. The monoisotopic (exact) mass is 383 g/mol. The number of hydrogen-bond acceptors (Lipinski definition) is 5. The summed E-state index contributed by atoms with van der Waals surface area (Å²) in [5.74, 6) is -1.96. The third-order valence-corrected chi connectivity index (χ3v) is 6.04. The molecule has 1 saturated heterocycles. The third-order valence-electron chi connectivity index (χ3n) is 5.30. The Labute approximate surface area is 153 Å². The molecule has 132 valence electrons.